The highest BCUT2D eigenvalue weighted by Crippen LogP contribution is 2.32. The quantitative estimate of drug-likeness (QED) is 0.394. The van der Waals surface area contributed by atoms with E-state index >= 15 is 0 Å². The molecular weight excluding hydrogens is 346 g/mol. The first-order valence-corrected chi connectivity index (χ1v) is 8.44. The Morgan fingerprint density at radius 2 is 1.89 bits per heavy atom. The molecule has 1 amide bonds. The lowest BCUT2D eigenvalue weighted by molar-refractivity contribution is -0.117. The molecule has 0 unspecified atom stereocenters. The van der Waals surface area contributed by atoms with E-state index in [2.05, 4.69) is 10.6 Å². The first-order chi connectivity index (χ1) is 13.2. The fourth-order valence-electron chi connectivity index (χ4n) is 2.53. The van der Waals surface area contributed by atoms with Gasteiger partial charge in [-0.1, -0.05) is 18.2 Å². The molecule has 0 saturated heterocycles. The topological polar surface area (TPSA) is 104 Å². The van der Waals surface area contributed by atoms with Crippen LogP contribution in [0.5, 0.6) is 17.2 Å². The highest BCUT2D eigenvalue weighted by Gasteiger charge is 2.14. The minimum absolute atomic E-state index is 0.00134. The van der Waals surface area contributed by atoms with Gasteiger partial charge >= 0.3 is 0 Å². The molecule has 2 aromatic carbocycles. The Morgan fingerprint density at radius 1 is 1.15 bits per heavy atom. The lowest BCUT2D eigenvalue weighted by atomic mass is 10.1. The third-order valence-corrected chi connectivity index (χ3v) is 4.00. The van der Waals surface area contributed by atoms with Crippen LogP contribution in [0.2, 0.25) is 0 Å². The summed E-state index contributed by atoms with van der Waals surface area (Å²) in [5.41, 5.74) is 1.89. The van der Waals surface area contributed by atoms with Crippen molar-refractivity contribution in [2.24, 2.45) is 0 Å². The van der Waals surface area contributed by atoms with Crippen LogP contribution in [0.15, 0.2) is 54.2 Å². The van der Waals surface area contributed by atoms with Crippen molar-refractivity contribution >= 4 is 5.91 Å². The summed E-state index contributed by atoms with van der Waals surface area (Å²) >= 11 is 0. The molecule has 27 heavy (non-hydrogen) atoms. The molecule has 0 aromatic heterocycles. The third-order valence-electron chi connectivity index (χ3n) is 4.00. The van der Waals surface area contributed by atoms with E-state index in [0.717, 1.165) is 11.1 Å². The number of ether oxygens (including phenoxy) is 2. The zero-order valence-electron chi connectivity index (χ0n) is 14.6. The standard InChI is InChI=1S/C20H19N3O4/c21-10-16(12-22-8-7-14-1-4-17(24)5-2-14)20(25)23-11-15-3-6-18-19(9-15)27-13-26-18/h1-6,9,12,22,24H,7-8,11,13H2,(H,23,25)/b16-12-. The number of rotatable bonds is 7. The van der Waals surface area contributed by atoms with Gasteiger partial charge in [-0.15, -0.1) is 0 Å². The van der Waals surface area contributed by atoms with Gasteiger partial charge in [0.15, 0.2) is 11.5 Å². The number of nitriles is 1. The monoisotopic (exact) mass is 365 g/mol. The highest BCUT2D eigenvalue weighted by atomic mass is 16.7. The second-order valence-electron chi connectivity index (χ2n) is 5.91. The van der Waals surface area contributed by atoms with Gasteiger partial charge in [0.2, 0.25) is 6.79 Å². The molecular formula is C20H19N3O4. The van der Waals surface area contributed by atoms with Crippen molar-refractivity contribution in [2.45, 2.75) is 13.0 Å². The zero-order chi connectivity index (χ0) is 19.1. The Labute approximate surface area is 156 Å². The molecule has 2 aromatic rings. The average molecular weight is 365 g/mol. The van der Waals surface area contributed by atoms with Crippen molar-refractivity contribution < 1.29 is 19.4 Å². The second kappa shape index (κ2) is 8.63. The Balaban J connectivity index is 1.47. The van der Waals surface area contributed by atoms with Gasteiger partial charge in [-0.3, -0.25) is 4.79 Å². The molecule has 7 nitrogen and oxygen atoms in total. The number of benzene rings is 2. The van der Waals surface area contributed by atoms with E-state index in [0.29, 0.717) is 24.5 Å². The van der Waals surface area contributed by atoms with Crippen molar-refractivity contribution in [1.29, 1.82) is 5.26 Å². The van der Waals surface area contributed by atoms with Gasteiger partial charge in [-0.05, 0) is 41.8 Å². The van der Waals surface area contributed by atoms with Gasteiger partial charge in [0.05, 0.1) is 0 Å². The Kier molecular flexibility index (Phi) is 5.80. The summed E-state index contributed by atoms with van der Waals surface area (Å²) < 4.78 is 10.5. The molecule has 1 aliphatic rings. The molecule has 7 heteroatoms. The lowest BCUT2D eigenvalue weighted by Gasteiger charge is -2.06. The predicted octanol–water partition coefficient (Wildman–Crippen LogP) is 1.98. The molecule has 0 atom stereocenters. The number of carbonyl (C=O) groups is 1. The summed E-state index contributed by atoms with van der Waals surface area (Å²) in [4.78, 5) is 12.2. The minimum atomic E-state index is -0.452. The number of nitrogens with one attached hydrogen (secondary N) is 2. The molecule has 1 aliphatic heterocycles. The van der Waals surface area contributed by atoms with E-state index in [9.17, 15) is 15.2 Å². The molecule has 0 fully saturated rings. The van der Waals surface area contributed by atoms with Gasteiger partial charge < -0.3 is 25.2 Å². The van der Waals surface area contributed by atoms with E-state index < -0.39 is 5.91 Å². The SMILES string of the molecule is N#C/C(=C/NCCc1ccc(O)cc1)C(=O)NCc1ccc2c(c1)OCO2. The summed E-state index contributed by atoms with van der Waals surface area (Å²) in [6.07, 6.45) is 2.11. The van der Waals surface area contributed by atoms with Crippen molar-refractivity contribution in [1.82, 2.24) is 10.6 Å². The summed E-state index contributed by atoms with van der Waals surface area (Å²) in [6.45, 7) is 1.04. The third kappa shape index (κ3) is 4.92. The molecule has 3 N–H and O–H groups in total. The summed E-state index contributed by atoms with van der Waals surface area (Å²) in [7, 11) is 0. The summed E-state index contributed by atoms with van der Waals surface area (Å²) in [5.74, 6) is 1.10. The molecule has 0 aliphatic carbocycles. The number of hydrogen-bond donors (Lipinski definition) is 3. The average Bonchev–Trinajstić information content (AvgIpc) is 3.15. The van der Waals surface area contributed by atoms with Crippen LogP contribution in [0.3, 0.4) is 0 Å². The van der Waals surface area contributed by atoms with Crippen molar-refractivity contribution in [3.8, 4) is 23.3 Å². The van der Waals surface area contributed by atoms with Crippen molar-refractivity contribution in [3.63, 3.8) is 0 Å². The number of fused-ring (bicyclic) bond motifs is 1. The van der Waals surface area contributed by atoms with Gasteiger partial charge in [0, 0.05) is 19.3 Å². The highest BCUT2D eigenvalue weighted by molar-refractivity contribution is 5.97. The number of phenolic OH excluding ortho intramolecular Hbond substituents is 1. The van der Waals surface area contributed by atoms with Crippen LogP contribution in [0.1, 0.15) is 11.1 Å². The number of amides is 1. The number of phenols is 1. The van der Waals surface area contributed by atoms with E-state index in [1.165, 1.54) is 6.20 Å². The Bertz CT molecular complexity index is 885. The molecule has 0 saturated carbocycles. The van der Waals surface area contributed by atoms with Crippen LogP contribution in [0.25, 0.3) is 0 Å². The van der Waals surface area contributed by atoms with E-state index in [1.54, 1.807) is 24.3 Å². The van der Waals surface area contributed by atoms with Crippen molar-refractivity contribution in [2.75, 3.05) is 13.3 Å². The van der Waals surface area contributed by atoms with Gasteiger partial charge in [0.1, 0.15) is 17.4 Å². The van der Waals surface area contributed by atoms with E-state index in [4.69, 9.17) is 9.47 Å². The zero-order valence-corrected chi connectivity index (χ0v) is 14.6. The molecule has 3 rings (SSSR count). The normalized spacial score (nSPS) is 12.3. The van der Waals surface area contributed by atoms with Crippen LogP contribution in [0.4, 0.5) is 0 Å². The van der Waals surface area contributed by atoms with Crippen LogP contribution >= 0.6 is 0 Å². The fraction of sp³-hybridized carbons (Fsp3) is 0.200. The van der Waals surface area contributed by atoms with Gasteiger partial charge in [-0.25, -0.2) is 0 Å². The Hall–Kier alpha value is -3.66. The molecule has 0 radical (unpaired) electrons. The maximum absolute atomic E-state index is 12.2. The van der Waals surface area contributed by atoms with E-state index in [1.807, 2.05) is 24.3 Å². The molecule has 0 spiro atoms. The van der Waals surface area contributed by atoms with Gasteiger partial charge in [-0.2, -0.15) is 5.26 Å². The molecule has 0 bridgehead atoms. The fourth-order valence-corrected chi connectivity index (χ4v) is 2.53. The van der Waals surface area contributed by atoms with Crippen LogP contribution in [-0.2, 0) is 17.8 Å². The maximum Gasteiger partial charge on any atom is 0.263 e. The first kappa shape index (κ1) is 18.1. The van der Waals surface area contributed by atoms with Crippen molar-refractivity contribution in [3.05, 3.63) is 65.4 Å². The van der Waals surface area contributed by atoms with Gasteiger partial charge in [0.25, 0.3) is 5.91 Å². The lowest BCUT2D eigenvalue weighted by Crippen LogP contribution is -2.25. The van der Waals surface area contributed by atoms with Crippen LogP contribution < -0.4 is 20.1 Å². The summed E-state index contributed by atoms with van der Waals surface area (Å²) in [6, 6.07) is 14.2. The largest absolute Gasteiger partial charge is 0.508 e. The first-order valence-electron chi connectivity index (χ1n) is 8.44. The smallest absolute Gasteiger partial charge is 0.263 e. The second-order valence-corrected chi connectivity index (χ2v) is 5.91. The predicted molar refractivity (Wildman–Crippen MR) is 97.9 cm³/mol. The maximum atomic E-state index is 12.2. The number of hydrogen-bond acceptors (Lipinski definition) is 6. The number of carbonyl (C=O) groups excluding carboxylic acids is 1. The van der Waals surface area contributed by atoms with Crippen LogP contribution in [0, 0.1) is 11.3 Å². The number of nitrogens with zero attached hydrogens (tertiary/aromatic N) is 1. The van der Waals surface area contributed by atoms with E-state index in [-0.39, 0.29) is 24.7 Å². The van der Waals surface area contributed by atoms with Crippen LogP contribution in [-0.4, -0.2) is 24.4 Å². The molecule has 138 valence electrons. The minimum Gasteiger partial charge on any atom is -0.508 e. The molecule has 1 heterocycles. The summed E-state index contributed by atoms with van der Waals surface area (Å²) in [5, 5.41) is 24.1. The number of aromatic hydroxyl groups is 1. The Morgan fingerprint density at radius 3 is 2.67 bits per heavy atom.